The van der Waals surface area contributed by atoms with Crippen molar-refractivity contribution in [2.24, 2.45) is 5.16 Å². The maximum atomic E-state index is 9.28. The van der Waals surface area contributed by atoms with Crippen LogP contribution in [0.15, 0.2) is 27.8 Å². The summed E-state index contributed by atoms with van der Waals surface area (Å²) >= 11 is 3.12. The number of benzene rings is 1. The minimum Gasteiger partial charge on any atom is -0.506 e. The van der Waals surface area contributed by atoms with E-state index in [2.05, 4.69) is 21.1 Å². The predicted octanol–water partition coefficient (Wildman–Crippen LogP) is 1.96. The average Bonchev–Trinajstić information content (AvgIpc) is 1.99. The first kappa shape index (κ1) is 8.07. The third-order valence-corrected chi connectivity index (χ3v) is 1.85. The molecule has 1 aromatic carbocycles. The Labute approximate surface area is 72.1 Å². The lowest BCUT2D eigenvalue weighted by atomic mass is 10.2. The Balaban J connectivity index is 3.16. The molecule has 0 radical (unpaired) electrons. The summed E-state index contributed by atoms with van der Waals surface area (Å²) in [5.41, 5.74) is 0.474. The zero-order chi connectivity index (χ0) is 8.27. The number of halogens is 1. The Morgan fingerprint density at radius 3 is 2.82 bits per heavy atom. The van der Waals surface area contributed by atoms with Crippen molar-refractivity contribution in [2.45, 2.75) is 0 Å². The van der Waals surface area contributed by atoms with E-state index in [9.17, 15) is 5.11 Å². The van der Waals surface area contributed by atoms with Crippen LogP contribution in [0, 0.1) is 0 Å². The SMILES string of the molecule is O/N=C/c1cccc(Br)c1O. The summed E-state index contributed by atoms with van der Waals surface area (Å²) in [5.74, 6) is 0.0744. The summed E-state index contributed by atoms with van der Waals surface area (Å²) in [6, 6.07) is 5.07. The molecule has 4 heteroatoms. The number of phenols is 1. The van der Waals surface area contributed by atoms with E-state index >= 15 is 0 Å². The molecule has 0 aliphatic carbocycles. The molecular formula is C7H6BrNO2. The van der Waals surface area contributed by atoms with Crippen molar-refractivity contribution in [3.63, 3.8) is 0 Å². The lowest BCUT2D eigenvalue weighted by Gasteiger charge is -1.98. The Bertz CT molecular complexity index is 286. The van der Waals surface area contributed by atoms with Crippen LogP contribution in [0.25, 0.3) is 0 Å². The first-order valence-corrected chi connectivity index (χ1v) is 3.70. The van der Waals surface area contributed by atoms with Crippen LogP contribution in [0.3, 0.4) is 0 Å². The normalized spacial score (nSPS) is 10.6. The highest BCUT2D eigenvalue weighted by molar-refractivity contribution is 9.10. The van der Waals surface area contributed by atoms with E-state index in [1.165, 1.54) is 6.21 Å². The van der Waals surface area contributed by atoms with E-state index in [1.54, 1.807) is 18.2 Å². The number of hydrogen-bond acceptors (Lipinski definition) is 3. The van der Waals surface area contributed by atoms with E-state index < -0.39 is 0 Å². The van der Waals surface area contributed by atoms with Gasteiger partial charge in [-0.3, -0.25) is 0 Å². The lowest BCUT2D eigenvalue weighted by molar-refractivity contribution is 0.321. The lowest BCUT2D eigenvalue weighted by Crippen LogP contribution is -1.82. The standard InChI is InChI=1S/C7H6BrNO2/c8-6-3-1-2-5(4-9-11)7(6)10/h1-4,10-11H/b9-4+. The highest BCUT2D eigenvalue weighted by Gasteiger charge is 2.00. The van der Waals surface area contributed by atoms with Crippen LogP contribution in [0.1, 0.15) is 5.56 Å². The molecule has 2 N–H and O–H groups in total. The third-order valence-electron chi connectivity index (χ3n) is 1.21. The number of aromatic hydroxyl groups is 1. The summed E-state index contributed by atoms with van der Waals surface area (Å²) in [7, 11) is 0. The van der Waals surface area contributed by atoms with Gasteiger partial charge in [0.25, 0.3) is 0 Å². The van der Waals surface area contributed by atoms with E-state index in [-0.39, 0.29) is 5.75 Å². The largest absolute Gasteiger partial charge is 0.506 e. The summed E-state index contributed by atoms with van der Waals surface area (Å²) in [6.45, 7) is 0. The van der Waals surface area contributed by atoms with Gasteiger partial charge in [-0.15, -0.1) is 0 Å². The smallest absolute Gasteiger partial charge is 0.138 e. The molecule has 0 amide bonds. The summed E-state index contributed by atoms with van der Waals surface area (Å²) in [6.07, 6.45) is 1.17. The van der Waals surface area contributed by atoms with E-state index in [0.29, 0.717) is 10.0 Å². The van der Waals surface area contributed by atoms with Crippen LogP contribution in [0.4, 0.5) is 0 Å². The highest BCUT2D eigenvalue weighted by Crippen LogP contribution is 2.25. The van der Waals surface area contributed by atoms with Crippen LogP contribution >= 0.6 is 15.9 Å². The van der Waals surface area contributed by atoms with Crippen LogP contribution in [0.5, 0.6) is 5.75 Å². The molecule has 1 aromatic rings. The number of nitrogens with zero attached hydrogens (tertiary/aromatic N) is 1. The quantitative estimate of drug-likeness (QED) is 0.428. The molecule has 11 heavy (non-hydrogen) atoms. The second-order valence-electron chi connectivity index (χ2n) is 1.92. The van der Waals surface area contributed by atoms with Crippen molar-refractivity contribution in [3.05, 3.63) is 28.2 Å². The molecule has 0 atom stereocenters. The monoisotopic (exact) mass is 215 g/mol. The summed E-state index contributed by atoms with van der Waals surface area (Å²) in [4.78, 5) is 0. The fourth-order valence-electron chi connectivity index (χ4n) is 0.698. The Hall–Kier alpha value is -1.03. The molecular weight excluding hydrogens is 210 g/mol. The van der Waals surface area contributed by atoms with Crippen molar-refractivity contribution < 1.29 is 10.3 Å². The van der Waals surface area contributed by atoms with Crippen molar-refractivity contribution in [1.29, 1.82) is 0 Å². The number of para-hydroxylation sites is 1. The van der Waals surface area contributed by atoms with Crippen molar-refractivity contribution in [1.82, 2.24) is 0 Å². The first-order chi connectivity index (χ1) is 5.25. The molecule has 0 heterocycles. The van der Waals surface area contributed by atoms with Gasteiger partial charge in [0, 0.05) is 5.56 Å². The van der Waals surface area contributed by atoms with Gasteiger partial charge in [-0.25, -0.2) is 0 Å². The zero-order valence-corrected chi connectivity index (χ0v) is 7.12. The highest BCUT2D eigenvalue weighted by atomic mass is 79.9. The van der Waals surface area contributed by atoms with E-state index in [1.807, 2.05) is 0 Å². The molecule has 58 valence electrons. The fraction of sp³-hybridized carbons (Fsp3) is 0. The number of hydrogen-bond donors (Lipinski definition) is 2. The second kappa shape index (κ2) is 3.39. The number of rotatable bonds is 1. The Morgan fingerprint density at radius 2 is 2.18 bits per heavy atom. The maximum Gasteiger partial charge on any atom is 0.138 e. The molecule has 0 saturated heterocycles. The topological polar surface area (TPSA) is 52.8 Å². The van der Waals surface area contributed by atoms with Gasteiger partial charge in [0.05, 0.1) is 10.7 Å². The Kier molecular flexibility index (Phi) is 2.48. The van der Waals surface area contributed by atoms with Gasteiger partial charge < -0.3 is 10.3 Å². The Morgan fingerprint density at radius 1 is 1.45 bits per heavy atom. The van der Waals surface area contributed by atoms with Gasteiger partial charge in [-0.1, -0.05) is 11.2 Å². The van der Waals surface area contributed by atoms with Crippen molar-refractivity contribution in [2.75, 3.05) is 0 Å². The van der Waals surface area contributed by atoms with Gasteiger partial charge in [-0.05, 0) is 28.1 Å². The third kappa shape index (κ3) is 1.71. The molecule has 1 rings (SSSR count). The van der Waals surface area contributed by atoms with Gasteiger partial charge in [0.15, 0.2) is 0 Å². The minimum atomic E-state index is 0.0744. The van der Waals surface area contributed by atoms with Crippen LogP contribution in [-0.4, -0.2) is 16.5 Å². The number of phenolic OH excluding ortho intramolecular Hbond substituents is 1. The average molecular weight is 216 g/mol. The minimum absolute atomic E-state index is 0.0744. The molecule has 0 aliphatic heterocycles. The molecule has 0 aliphatic rings. The molecule has 0 saturated carbocycles. The summed E-state index contributed by atoms with van der Waals surface area (Å²) in [5, 5.41) is 20.3. The van der Waals surface area contributed by atoms with E-state index in [4.69, 9.17) is 5.21 Å². The molecule has 0 aromatic heterocycles. The molecule has 0 bridgehead atoms. The molecule has 3 nitrogen and oxygen atoms in total. The van der Waals surface area contributed by atoms with Crippen molar-refractivity contribution >= 4 is 22.1 Å². The predicted molar refractivity (Wildman–Crippen MR) is 45.2 cm³/mol. The van der Waals surface area contributed by atoms with E-state index in [0.717, 1.165) is 0 Å². The van der Waals surface area contributed by atoms with Crippen LogP contribution in [-0.2, 0) is 0 Å². The molecule has 0 spiro atoms. The summed E-state index contributed by atoms with van der Waals surface area (Å²) < 4.78 is 0.579. The molecule has 0 unspecified atom stereocenters. The van der Waals surface area contributed by atoms with Crippen molar-refractivity contribution in [3.8, 4) is 5.75 Å². The van der Waals surface area contributed by atoms with Gasteiger partial charge in [-0.2, -0.15) is 0 Å². The van der Waals surface area contributed by atoms with Gasteiger partial charge >= 0.3 is 0 Å². The maximum absolute atomic E-state index is 9.28. The van der Waals surface area contributed by atoms with Crippen LogP contribution < -0.4 is 0 Å². The zero-order valence-electron chi connectivity index (χ0n) is 5.53. The van der Waals surface area contributed by atoms with Crippen LogP contribution in [0.2, 0.25) is 0 Å². The fourth-order valence-corrected chi connectivity index (χ4v) is 1.08. The second-order valence-corrected chi connectivity index (χ2v) is 2.78. The van der Waals surface area contributed by atoms with Gasteiger partial charge in [0.1, 0.15) is 5.75 Å². The van der Waals surface area contributed by atoms with Gasteiger partial charge in [0.2, 0.25) is 0 Å². The first-order valence-electron chi connectivity index (χ1n) is 2.90. The number of oxime groups is 1. The molecule has 0 fully saturated rings.